The molecule has 0 bridgehead atoms. The lowest BCUT2D eigenvalue weighted by Crippen LogP contribution is -2.37. The molecular formula is C12H19N3S. The minimum absolute atomic E-state index is 0.655. The van der Waals surface area contributed by atoms with Gasteiger partial charge in [0.1, 0.15) is 0 Å². The van der Waals surface area contributed by atoms with Crippen molar-refractivity contribution in [3.63, 3.8) is 0 Å². The molecule has 0 spiro atoms. The zero-order chi connectivity index (χ0) is 11.1. The first-order valence-corrected chi connectivity index (χ1v) is 7.03. The SMILES string of the molecule is CN(c1nc(C2CC2)c(CN)s1)C1CCC1. The molecule has 0 atom stereocenters. The fraction of sp³-hybridized carbons (Fsp3) is 0.750. The van der Waals surface area contributed by atoms with E-state index in [1.54, 1.807) is 11.3 Å². The van der Waals surface area contributed by atoms with Gasteiger partial charge >= 0.3 is 0 Å². The summed E-state index contributed by atoms with van der Waals surface area (Å²) in [4.78, 5) is 8.48. The molecule has 2 saturated carbocycles. The van der Waals surface area contributed by atoms with E-state index in [1.807, 2.05) is 0 Å². The number of nitrogens with zero attached hydrogens (tertiary/aromatic N) is 2. The summed E-state index contributed by atoms with van der Waals surface area (Å²) in [6, 6.07) is 0.726. The molecule has 1 aromatic heterocycles. The highest BCUT2D eigenvalue weighted by Gasteiger charge is 2.31. The third-order valence-electron chi connectivity index (χ3n) is 3.79. The van der Waals surface area contributed by atoms with Gasteiger partial charge in [-0.15, -0.1) is 11.3 Å². The summed E-state index contributed by atoms with van der Waals surface area (Å²) < 4.78 is 0. The Kier molecular flexibility index (Phi) is 2.64. The van der Waals surface area contributed by atoms with Gasteiger partial charge in [-0.05, 0) is 32.1 Å². The van der Waals surface area contributed by atoms with Crippen molar-refractivity contribution < 1.29 is 0 Å². The molecule has 88 valence electrons. The molecule has 3 rings (SSSR count). The van der Waals surface area contributed by atoms with Crippen LogP contribution in [-0.4, -0.2) is 18.1 Å². The molecule has 1 heterocycles. The average Bonchev–Trinajstić information content (AvgIpc) is 2.95. The maximum atomic E-state index is 5.80. The van der Waals surface area contributed by atoms with Crippen LogP contribution in [0.25, 0.3) is 0 Å². The van der Waals surface area contributed by atoms with Crippen molar-refractivity contribution in [3.8, 4) is 0 Å². The van der Waals surface area contributed by atoms with Crippen molar-refractivity contribution in [2.45, 2.75) is 50.6 Å². The van der Waals surface area contributed by atoms with Crippen LogP contribution in [0.2, 0.25) is 0 Å². The molecule has 2 aliphatic rings. The summed E-state index contributed by atoms with van der Waals surface area (Å²) in [5, 5.41) is 1.19. The van der Waals surface area contributed by atoms with E-state index in [4.69, 9.17) is 10.7 Å². The molecule has 1 aromatic rings. The molecule has 0 aliphatic heterocycles. The van der Waals surface area contributed by atoms with Crippen molar-refractivity contribution in [1.29, 1.82) is 0 Å². The Bertz CT molecular complexity index is 380. The van der Waals surface area contributed by atoms with E-state index >= 15 is 0 Å². The molecule has 0 saturated heterocycles. The zero-order valence-electron chi connectivity index (χ0n) is 9.78. The van der Waals surface area contributed by atoms with E-state index in [1.165, 1.54) is 47.8 Å². The Balaban J connectivity index is 1.83. The first kappa shape index (κ1) is 10.5. The van der Waals surface area contributed by atoms with Gasteiger partial charge in [-0.2, -0.15) is 0 Å². The van der Waals surface area contributed by atoms with E-state index in [0.717, 1.165) is 12.0 Å². The van der Waals surface area contributed by atoms with Gasteiger partial charge in [-0.1, -0.05) is 0 Å². The summed E-state index contributed by atoms with van der Waals surface area (Å²) >= 11 is 1.80. The molecule has 16 heavy (non-hydrogen) atoms. The molecule has 2 N–H and O–H groups in total. The molecule has 2 aliphatic carbocycles. The number of nitrogens with two attached hydrogens (primary N) is 1. The molecule has 3 nitrogen and oxygen atoms in total. The van der Waals surface area contributed by atoms with Gasteiger partial charge in [0.2, 0.25) is 0 Å². The number of thiazole rings is 1. The fourth-order valence-electron chi connectivity index (χ4n) is 2.25. The van der Waals surface area contributed by atoms with Crippen molar-refractivity contribution in [1.82, 2.24) is 4.98 Å². The van der Waals surface area contributed by atoms with Crippen LogP contribution < -0.4 is 10.6 Å². The largest absolute Gasteiger partial charge is 0.348 e. The van der Waals surface area contributed by atoms with Crippen LogP contribution in [-0.2, 0) is 6.54 Å². The maximum Gasteiger partial charge on any atom is 0.185 e. The molecule has 4 heteroatoms. The first-order chi connectivity index (χ1) is 7.79. The lowest BCUT2D eigenvalue weighted by Gasteiger charge is -2.34. The van der Waals surface area contributed by atoms with Gasteiger partial charge in [-0.25, -0.2) is 4.98 Å². The highest BCUT2D eigenvalue weighted by molar-refractivity contribution is 7.15. The second kappa shape index (κ2) is 4.00. The summed E-state index contributed by atoms with van der Waals surface area (Å²) in [6.07, 6.45) is 6.64. The zero-order valence-corrected chi connectivity index (χ0v) is 10.6. The number of anilines is 1. The predicted octanol–water partition coefficient (Wildman–Crippen LogP) is 2.47. The van der Waals surface area contributed by atoms with Crippen LogP contribution in [0.4, 0.5) is 5.13 Å². The minimum Gasteiger partial charge on any atom is -0.348 e. The van der Waals surface area contributed by atoms with E-state index < -0.39 is 0 Å². The average molecular weight is 237 g/mol. The highest BCUT2D eigenvalue weighted by Crippen LogP contribution is 2.44. The van der Waals surface area contributed by atoms with Crippen LogP contribution in [0, 0.1) is 0 Å². The molecule has 2 fully saturated rings. The fourth-order valence-corrected chi connectivity index (χ4v) is 3.31. The van der Waals surface area contributed by atoms with Gasteiger partial charge in [0.25, 0.3) is 0 Å². The minimum atomic E-state index is 0.655. The van der Waals surface area contributed by atoms with E-state index in [-0.39, 0.29) is 0 Å². The van der Waals surface area contributed by atoms with Crippen LogP contribution in [0.5, 0.6) is 0 Å². The van der Waals surface area contributed by atoms with Crippen LogP contribution >= 0.6 is 11.3 Å². The van der Waals surface area contributed by atoms with Crippen LogP contribution in [0.15, 0.2) is 0 Å². The van der Waals surface area contributed by atoms with Gasteiger partial charge in [0.15, 0.2) is 5.13 Å². The topological polar surface area (TPSA) is 42.2 Å². The Morgan fingerprint density at radius 3 is 2.62 bits per heavy atom. The maximum absolute atomic E-state index is 5.80. The summed E-state index contributed by atoms with van der Waals surface area (Å²) in [6.45, 7) is 0.655. The van der Waals surface area contributed by atoms with Crippen LogP contribution in [0.1, 0.15) is 48.6 Å². The smallest absolute Gasteiger partial charge is 0.185 e. The molecular weight excluding hydrogens is 218 g/mol. The van der Waals surface area contributed by atoms with Gasteiger partial charge < -0.3 is 10.6 Å². The molecule has 0 amide bonds. The Morgan fingerprint density at radius 1 is 1.38 bits per heavy atom. The number of aromatic nitrogens is 1. The van der Waals surface area contributed by atoms with E-state index in [0.29, 0.717) is 6.54 Å². The summed E-state index contributed by atoms with van der Waals surface area (Å²) in [5.74, 6) is 0.721. The molecule has 0 radical (unpaired) electrons. The van der Waals surface area contributed by atoms with E-state index in [9.17, 15) is 0 Å². The number of hydrogen-bond acceptors (Lipinski definition) is 4. The first-order valence-electron chi connectivity index (χ1n) is 6.22. The lowest BCUT2D eigenvalue weighted by molar-refractivity contribution is 0.401. The second-order valence-corrected chi connectivity index (χ2v) is 6.04. The van der Waals surface area contributed by atoms with Crippen molar-refractivity contribution in [2.24, 2.45) is 5.73 Å². The number of hydrogen-bond donors (Lipinski definition) is 1. The standard InChI is InChI=1S/C12H19N3S/c1-15(9-3-2-4-9)12-14-11(8-5-6-8)10(7-13)16-12/h8-9H,2-7,13H2,1H3. The van der Waals surface area contributed by atoms with Crippen molar-refractivity contribution in [2.75, 3.05) is 11.9 Å². The second-order valence-electron chi connectivity index (χ2n) is 4.98. The monoisotopic (exact) mass is 237 g/mol. The highest BCUT2D eigenvalue weighted by atomic mass is 32.1. The summed E-state index contributed by atoms with van der Waals surface area (Å²) in [7, 11) is 2.18. The normalized spacial score (nSPS) is 20.9. The predicted molar refractivity (Wildman–Crippen MR) is 68.0 cm³/mol. The van der Waals surface area contributed by atoms with Gasteiger partial charge in [0.05, 0.1) is 5.69 Å². The lowest BCUT2D eigenvalue weighted by atomic mass is 9.92. The van der Waals surface area contributed by atoms with Crippen LogP contribution in [0.3, 0.4) is 0 Å². The van der Waals surface area contributed by atoms with Gasteiger partial charge in [0, 0.05) is 30.4 Å². The molecule has 0 aromatic carbocycles. The molecule has 0 unspecified atom stereocenters. The van der Waals surface area contributed by atoms with Gasteiger partial charge in [-0.3, -0.25) is 0 Å². The third kappa shape index (κ3) is 1.74. The van der Waals surface area contributed by atoms with Crippen molar-refractivity contribution >= 4 is 16.5 Å². The quantitative estimate of drug-likeness (QED) is 0.874. The van der Waals surface area contributed by atoms with E-state index in [2.05, 4.69) is 11.9 Å². The Morgan fingerprint density at radius 2 is 2.12 bits per heavy atom. The third-order valence-corrected chi connectivity index (χ3v) is 4.97. The summed E-state index contributed by atoms with van der Waals surface area (Å²) in [5.41, 5.74) is 7.10. The Hall–Kier alpha value is -0.610. The Labute approximate surface area is 101 Å². The van der Waals surface area contributed by atoms with Crippen molar-refractivity contribution in [3.05, 3.63) is 10.6 Å². The number of rotatable bonds is 4.